The van der Waals surface area contributed by atoms with Crippen molar-refractivity contribution in [3.63, 3.8) is 0 Å². The van der Waals surface area contributed by atoms with Gasteiger partial charge in [0.15, 0.2) is 0 Å². The Morgan fingerprint density at radius 3 is 3.00 bits per heavy atom. The Morgan fingerprint density at radius 1 is 1.38 bits per heavy atom. The van der Waals surface area contributed by atoms with Gasteiger partial charge in [0.1, 0.15) is 11.6 Å². The van der Waals surface area contributed by atoms with E-state index in [1.807, 2.05) is 19.2 Å². The maximum atomic E-state index is 4.38. The molecule has 1 aliphatic heterocycles. The molecule has 2 heterocycles. The topological polar surface area (TPSA) is 29.0 Å². The highest BCUT2D eigenvalue weighted by Gasteiger charge is 2.07. The minimum Gasteiger partial charge on any atom is -0.352 e. The summed E-state index contributed by atoms with van der Waals surface area (Å²) in [4.78, 5) is 10.7. The first-order chi connectivity index (χ1) is 6.36. The maximum absolute atomic E-state index is 4.38. The van der Waals surface area contributed by atoms with Gasteiger partial charge < -0.3 is 4.90 Å². The van der Waals surface area contributed by atoms with E-state index >= 15 is 0 Å². The molecule has 0 atom stereocenters. The molecular formula is C10H13N3. The molecule has 1 aromatic rings. The number of hydrogen-bond donors (Lipinski definition) is 0. The van der Waals surface area contributed by atoms with Crippen LogP contribution in [0.1, 0.15) is 12.2 Å². The zero-order valence-electron chi connectivity index (χ0n) is 7.77. The second-order valence-electron chi connectivity index (χ2n) is 3.17. The second kappa shape index (κ2) is 3.56. The van der Waals surface area contributed by atoms with Crippen molar-refractivity contribution in [2.24, 2.45) is 0 Å². The molecule has 0 radical (unpaired) electrons. The zero-order valence-corrected chi connectivity index (χ0v) is 7.77. The lowest BCUT2D eigenvalue weighted by Crippen LogP contribution is -2.27. The van der Waals surface area contributed by atoms with Gasteiger partial charge in [-0.05, 0) is 19.4 Å². The lowest BCUT2D eigenvalue weighted by molar-refractivity contribution is 0.798. The van der Waals surface area contributed by atoms with E-state index in [4.69, 9.17) is 0 Å². The number of aromatic nitrogens is 2. The summed E-state index contributed by atoms with van der Waals surface area (Å²) in [6.45, 7) is 3.95. The van der Waals surface area contributed by atoms with Crippen LogP contribution in [0, 0.1) is 6.92 Å². The molecule has 0 saturated heterocycles. The fraction of sp³-hybridized carbons (Fsp3) is 0.400. The molecule has 0 bridgehead atoms. The molecule has 0 saturated carbocycles. The Morgan fingerprint density at radius 2 is 2.31 bits per heavy atom. The molecule has 3 nitrogen and oxygen atoms in total. The molecule has 0 unspecified atom stereocenters. The molecule has 0 amide bonds. The van der Waals surface area contributed by atoms with Gasteiger partial charge in [-0.2, -0.15) is 0 Å². The number of rotatable bonds is 1. The highest BCUT2D eigenvalue weighted by atomic mass is 15.2. The normalized spacial score (nSPS) is 16.2. The Hall–Kier alpha value is -1.38. The van der Waals surface area contributed by atoms with Gasteiger partial charge in [-0.1, -0.05) is 12.2 Å². The standard InChI is InChI=1S/C10H13N3/c1-9-11-6-5-10(12-9)13-7-3-2-4-8-13/h2-3,5-6H,4,7-8H2,1H3. The SMILES string of the molecule is Cc1nccc(N2CC=CCC2)n1. The van der Waals surface area contributed by atoms with Gasteiger partial charge in [0.05, 0.1) is 0 Å². The Bertz CT molecular complexity index is 320. The number of aryl methyl sites for hydroxylation is 1. The zero-order chi connectivity index (χ0) is 9.10. The van der Waals surface area contributed by atoms with Crippen LogP contribution < -0.4 is 4.90 Å². The lowest BCUT2D eigenvalue weighted by atomic mass is 10.2. The van der Waals surface area contributed by atoms with Gasteiger partial charge in [0, 0.05) is 19.3 Å². The summed E-state index contributed by atoms with van der Waals surface area (Å²) in [5, 5.41) is 0. The van der Waals surface area contributed by atoms with Crippen LogP contribution in [0.5, 0.6) is 0 Å². The highest BCUT2D eigenvalue weighted by molar-refractivity contribution is 5.39. The average molecular weight is 175 g/mol. The largest absolute Gasteiger partial charge is 0.352 e. The van der Waals surface area contributed by atoms with Crippen LogP contribution in [0.25, 0.3) is 0 Å². The summed E-state index contributed by atoms with van der Waals surface area (Å²) in [7, 11) is 0. The highest BCUT2D eigenvalue weighted by Crippen LogP contribution is 2.12. The second-order valence-corrected chi connectivity index (χ2v) is 3.17. The molecule has 0 aliphatic carbocycles. The smallest absolute Gasteiger partial charge is 0.132 e. The summed E-state index contributed by atoms with van der Waals surface area (Å²) >= 11 is 0. The van der Waals surface area contributed by atoms with Crippen molar-refractivity contribution in [2.75, 3.05) is 18.0 Å². The first-order valence-corrected chi connectivity index (χ1v) is 4.56. The van der Waals surface area contributed by atoms with Crippen molar-refractivity contribution in [3.05, 3.63) is 30.2 Å². The summed E-state index contributed by atoms with van der Waals surface area (Å²) in [6.07, 6.45) is 7.32. The fourth-order valence-electron chi connectivity index (χ4n) is 1.47. The van der Waals surface area contributed by atoms with Crippen molar-refractivity contribution in [1.82, 2.24) is 9.97 Å². The summed E-state index contributed by atoms with van der Waals surface area (Å²) < 4.78 is 0. The summed E-state index contributed by atoms with van der Waals surface area (Å²) in [5.41, 5.74) is 0. The summed E-state index contributed by atoms with van der Waals surface area (Å²) in [5.74, 6) is 1.88. The minimum absolute atomic E-state index is 0.840. The molecule has 1 aliphatic rings. The van der Waals surface area contributed by atoms with Crippen molar-refractivity contribution < 1.29 is 0 Å². The van der Waals surface area contributed by atoms with Gasteiger partial charge in [0.2, 0.25) is 0 Å². The van der Waals surface area contributed by atoms with Crippen molar-refractivity contribution in [3.8, 4) is 0 Å². The molecule has 0 spiro atoms. The molecule has 0 N–H and O–H groups in total. The fourth-order valence-corrected chi connectivity index (χ4v) is 1.47. The lowest BCUT2D eigenvalue weighted by Gasteiger charge is -2.24. The van der Waals surface area contributed by atoms with Gasteiger partial charge >= 0.3 is 0 Å². The predicted octanol–water partition coefficient (Wildman–Crippen LogP) is 1.55. The molecular weight excluding hydrogens is 162 g/mol. The third kappa shape index (κ3) is 1.86. The van der Waals surface area contributed by atoms with Crippen LogP contribution in [0.3, 0.4) is 0 Å². The van der Waals surface area contributed by atoms with Crippen LogP contribution in [0.15, 0.2) is 24.4 Å². The molecule has 1 aromatic heterocycles. The van der Waals surface area contributed by atoms with Crippen molar-refractivity contribution >= 4 is 5.82 Å². The molecule has 13 heavy (non-hydrogen) atoms. The van der Waals surface area contributed by atoms with Crippen LogP contribution in [-0.2, 0) is 0 Å². The van der Waals surface area contributed by atoms with Gasteiger partial charge in [0.25, 0.3) is 0 Å². The third-order valence-corrected chi connectivity index (χ3v) is 2.14. The first kappa shape index (κ1) is 8.23. The van der Waals surface area contributed by atoms with Crippen LogP contribution >= 0.6 is 0 Å². The Balaban J connectivity index is 2.20. The quantitative estimate of drug-likeness (QED) is 0.606. The van der Waals surface area contributed by atoms with Crippen LogP contribution in [0.4, 0.5) is 5.82 Å². The molecule has 0 fully saturated rings. The Kier molecular flexibility index (Phi) is 2.25. The van der Waals surface area contributed by atoms with Crippen molar-refractivity contribution in [2.45, 2.75) is 13.3 Å². The van der Waals surface area contributed by atoms with Gasteiger partial charge in [-0.3, -0.25) is 0 Å². The van der Waals surface area contributed by atoms with E-state index in [2.05, 4.69) is 27.0 Å². The molecule has 0 aromatic carbocycles. The maximum Gasteiger partial charge on any atom is 0.132 e. The molecule has 2 rings (SSSR count). The van der Waals surface area contributed by atoms with Crippen molar-refractivity contribution in [1.29, 1.82) is 0 Å². The van der Waals surface area contributed by atoms with E-state index in [0.717, 1.165) is 31.2 Å². The van der Waals surface area contributed by atoms with Gasteiger partial charge in [-0.15, -0.1) is 0 Å². The van der Waals surface area contributed by atoms with Crippen LogP contribution in [0.2, 0.25) is 0 Å². The number of nitrogens with zero attached hydrogens (tertiary/aromatic N) is 3. The van der Waals surface area contributed by atoms with Crippen LogP contribution in [-0.4, -0.2) is 23.1 Å². The van der Waals surface area contributed by atoms with E-state index in [0.29, 0.717) is 0 Å². The monoisotopic (exact) mass is 175 g/mol. The average Bonchev–Trinajstić information content (AvgIpc) is 2.19. The minimum atomic E-state index is 0.840. The van der Waals surface area contributed by atoms with E-state index in [-0.39, 0.29) is 0 Å². The van der Waals surface area contributed by atoms with Gasteiger partial charge in [-0.25, -0.2) is 9.97 Å². The molecule has 3 heteroatoms. The summed E-state index contributed by atoms with van der Waals surface area (Å²) in [6, 6.07) is 1.96. The van der Waals surface area contributed by atoms with E-state index in [1.165, 1.54) is 0 Å². The number of anilines is 1. The predicted molar refractivity (Wildman–Crippen MR) is 52.7 cm³/mol. The van der Waals surface area contributed by atoms with E-state index in [9.17, 15) is 0 Å². The molecule has 68 valence electrons. The number of hydrogen-bond acceptors (Lipinski definition) is 3. The van der Waals surface area contributed by atoms with E-state index < -0.39 is 0 Å². The Labute approximate surface area is 78.1 Å². The third-order valence-electron chi connectivity index (χ3n) is 2.14. The first-order valence-electron chi connectivity index (χ1n) is 4.56. The van der Waals surface area contributed by atoms with E-state index in [1.54, 1.807) is 0 Å².